The summed E-state index contributed by atoms with van der Waals surface area (Å²) in [5, 5.41) is 0. The molecule has 0 aromatic rings. The van der Waals surface area contributed by atoms with Gasteiger partial charge in [-0.1, -0.05) is 58.1 Å². The van der Waals surface area contributed by atoms with Crippen molar-refractivity contribution in [3.05, 3.63) is 18.6 Å². The van der Waals surface area contributed by atoms with Gasteiger partial charge in [-0.25, -0.2) is 0 Å². The molecule has 77 valence electrons. The normalized spacial score (nSPS) is 11.2. The second-order valence-corrected chi connectivity index (χ2v) is 3.66. The first-order valence-corrected chi connectivity index (χ1v) is 5.84. The largest absolute Gasteiger partial charge is 0.0885 e. The predicted molar refractivity (Wildman–Crippen MR) is 61.7 cm³/mol. The van der Waals surface area contributed by atoms with Crippen molar-refractivity contribution in [1.29, 1.82) is 0 Å². The molecule has 0 aliphatic rings. The topological polar surface area (TPSA) is 0 Å². The van der Waals surface area contributed by atoms with E-state index in [1.54, 1.807) is 0 Å². The molecule has 0 atom stereocenters. The fourth-order valence-corrected chi connectivity index (χ4v) is 1.37. The minimum Gasteiger partial charge on any atom is -0.0885 e. The molecule has 0 heteroatoms. The van der Waals surface area contributed by atoms with Crippen molar-refractivity contribution in [1.82, 2.24) is 0 Å². The first kappa shape index (κ1) is 12.7. The van der Waals surface area contributed by atoms with E-state index in [9.17, 15) is 0 Å². The van der Waals surface area contributed by atoms with Crippen LogP contribution in [0.4, 0.5) is 0 Å². The lowest BCUT2D eigenvalue weighted by Gasteiger charge is -1.97. The Balaban J connectivity index is 2.91. The number of hydrogen-bond acceptors (Lipinski definition) is 0. The highest BCUT2D eigenvalue weighted by Gasteiger charge is 1.87. The maximum Gasteiger partial charge on any atom is -0.0351 e. The lowest BCUT2D eigenvalue weighted by molar-refractivity contribution is 0.642. The highest BCUT2D eigenvalue weighted by molar-refractivity contribution is 4.80. The van der Waals surface area contributed by atoms with Crippen LogP contribution in [-0.4, -0.2) is 0 Å². The monoisotopic (exact) mass is 181 g/mol. The van der Waals surface area contributed by atoms with Gasteiger partial charge < -0.3 is 0 Å². The summed E-state index contributed by atoms with van der Waals surface area (Å²) in [5.74, 6) is 0. The first-order chi connectivity index (χ1) is 6.41. The summed E-state index contributed by atoms with van der Waals surface area (Å²) < 4.78 is 0. The Hall–Kier alpha value is -0.260. The van der Waals surface area contributed by atoms with E-state index in [0.29, 0.717) is 0 Å². The molecule has 1 radical (unpaired) electrons. The fraction of sp³-hybridized carbons (Fsp3) is 0.769. The Morgan fingerprint density at radius 2 is 1.38 bits per heavy atom. The molecule has 0 nitrogen and oxygen atoms in total. The van der Waals surface area contributed by atoms with Crippen LogP contribution in [0.3, 0.4) is 0 Å². The zero-order chi connectivity index (χ0) is 9.78. The Morgan fingerprint density at radius 1 is 0.769 bits per heavy atom. The Morgan fingerprint density at radius 3 is 2.00 bits per heavy atom. The summed E-state index contributed by atoms with van der Waals surface area (Å²) in [7, 11) is 0. The van der Waals surface area contributed by atoms with Gasteiger partial charge in [-0.2, -0.15) is 0 Å². The Kier molecular flexibility index (Phi) is 11.5. The smallest absolute Gasteiger partial charge is 0.0351 e. The standard InChI is InChI=1S/C13H25/c1-3-5-7-9-11-13-12-10-8-6-4-2/h3,8,10H,4-7,9,11-13H2,1-2H3. The minimum absolute atomic E-state index is 1.25. The van der Waals surface area contributed by atoms with Gasteiger partial charge in [-0.3, -0.25) is 0 Å². The van der Waals surface area contributed by atoms with Crippen LogP contribution < -0.4 is 0 Å². The van der Waals surface area contributed by atoms with Crippen LogP contribution in [0.25, 0.3) is 0 Å². The molecule has 13 heavy (non-hydrogen) atoms. The number of hydrogen-bond donors (Lipinski definition) is 0. The predicted octanol–water partition coefficient (Wildman–Crippen LogP) is 4.91. The highest BCUT2D eigenvalue weighted by atomic mass is 13.9. The lowest BCUT2D eigenvalue weighted by atomic mass is 10.1. The average molecular weight is 181 g/mol. The van der Waals surface area contributed by atoms with Gasteiger partial charge in [0.2, 0.25) is 0 Å². The second kappa shape index (κ2) is 11.7. The lowest BCUT2D eigenvalue weighted by Crippen LogP contribution is -1.77. The SMILES string of the molecule is C[CH]CCCCCCC=CCCC. The molecule has 0 aliphatic carbocycles. The zero-order valence-electron chi connectivity index (χ0n) is 9.39. The fourth-order valence-electron chi connectivity index (χ4n) is 1.37. The van der Waals surface area contributed by atoms with Gasteiger partial charge in [-0.05, 0) is 25.7 Å². The van der Waals surface area contributed by atoms with E-state index in [1.807, 2.05) is 0 Å². The number of rotatable bonds is 9. The van der Waals surface area contributed by atoms with E-state index in [-0.39, 0.29) is 0 Å². The van der Waals surface area contributed by atoms with Gasteiger partial charge in [0.05, 0.1) is 0 Å². The maximum atomic E-state index is 2.34. The van der Waals surface area contributed by atoms with Gasteiger partial charge in [0.1, 0.15) is 0 Å². The summed E-state index contributed by atoms with van der Waals surface area (Å²) in [6.45, 7) is 4.37. The van der Waals surface area contributed by atoms with Crippen molar-refractivity contribution in [2.24, 2.45) is 0 Å². The molecule has 0 fully saturated rings. The number of unbranched alkanes of at least 4 members (excludes halogenated alkanes) is 7. The Labute approximate surface area is 84.4 Å². The molecule has 0 aromatic heterocycles. The molecule has 0 amide bonds. The second-order valence-electron chi connectivity index (χ2n) is 3.66. The first-order valence-electron chi connectivity index (χ1n) is 5.84. The number of allylic oxidation sites excluding steroid dienone is 2. The van der Waals surface area contributed by atoms with Crippen LogP contribution in [0.2, 0.25) is 0 Å². The quantitative estimate of drug-likeness (QED) is 0.350. The maximum absolute atomic E-state index is 2.34. The van der Waals surface area contributed by atoms with Gasteiger partial charge >= 0.3 is 0 Å². The van der Waals surface area contributed by atoms with Crippen molar-refractivity contribution in [3.8, 4) is 0 Å². The van der Waals surface area contributed by atoms with Gasteiger partial charge in [0.15, 0.2) is 0 Å². The molecular formula is C13H25. The molecule has 0 aliphatic heterocycles. The molecule has 0 rings (SSSR count). The molecular weight excluding hydrogens is 156 g/mol. The molecule has 0 unspecified atom stereocenters. The molecule has 0 saturated heterocycles. The summed E-state index contributed by atoms with van der Waals surface area (Å²) >= 11 is 0. The van der Waals surface area contributed by atoms with Gasteiger partial charge in [0.25, 0.3) is 0 Å². The van der Waals surface area contributed by atoms with Crippen LogP contribution in [0.5, 0.6) is 0 Å². The van der Waals surface area contributed by atoms with Crippen molar-refractivity contribution >= 4 is 0 Å². The van der Waals surface area contributed by atoms with Crippen molar-refractivity contribution < 1.29 is 0 Å². The zero-order valence-corrected chi connectivity index (χ0v) is 9.39. The molecule has 0 saturated carbocycles. The summed E-state index contributed by atoms with van der Waals surface area (Å²) in [6, 6.07) is 0. The van der Waals surface area contributed by atoms with Crippen molar-refractivity contribution in [2.75, 3.05) is 0 Å². The third-order valence-electron chi connectivity index (χ3n) is 2.24. The van der Waals surface area contributed by atoms with Crippen LogP contribution in [0, 0.1) is 6.42 Å². The summed E-state index contributed by atoms with van der Waals surface area (Å²) in [6.07, 6.45) is 17.6. The minimum atomic E-state index is 1.25. The van der Waals surface area contributed by atoms with Crippen molar-refractivity contribution in [3.63, 3.8) is 0 Å². The third kappa shape index (κ3) is 11.7. The molecule has 0 bridgehead atoms. The van der Waals surface area contributed by atoms with Crippen molar-refractivity contribution in [2.45, 2.75) is 65.2 Å². The Bertz CT molecular complexity index is 103. The molecule has 0 spiro atoms. The molecule has 0 heterocycles. The summed E-state index contributed by atoms with van der Waals surface area (Å²) in [4.78, 5) is 0. The van der Waals surface area contributed by atoms with Gasteiger partial charge in [-0.15, -0.1) is 0 Å². The van der Waals surface area contributed by atoms with Crippen LogP contribution >= 0.6 is 0 Å². The molecule has 0 N–H and O–H groups in total. The van der Waals surface area contributed by atoms with E-state index >= 15 is 0 Å². The highest BCUT2D eigenvalue weighted by Crippen LogP contribution is 2.07. The third-order valence-corrected chi connectivity index (χ3v) is 2.24. The van der Waals surface area contributed by atoms with E-state index < -0.39 is 0 Å². The van der Waals surface area contributed by atoms with Crippen LogP contribution in [-0.2, 0) is 0 Å². The van der Waals surface area contributed by atoms with Crippen LogP contribution in [0.15, 0.2) is 12.2 Å². The molecule has 0 aromatic carbocycles. The van der Waals surface area contributed by atoms with E-state index in [1.165, 1.54) is 51.4 Å². The van der Waals surface area contributed by atoms with Crippen LogP contribution in [0.1, 0.15) is 65.2 Å². The van der Waals surface area contributed by atoms with Gasteiger partial charge in [0, 0.05) is 0 Å². The van der Waals surface area contributed by atoms with E-state index in [2.05, 4.69) is 32.4 Å². The summed E-state index contributed by atoms with van der Waals surface area (Å²) in [5.41, 5.74) is 0. The van der Waals surface area contributed by atoms with E-state index in [4.69, 9.17) is 0 Å². The van der Waals surface area contributed by atoms with E-state index in [0.717, 1.165) is 0 Å². The average Bonchev–Trinajstić information content (AvgIpc) is 2.16.